The summed E-state index contributed by atoms with van der Waals surface area (Å²) in [7, 11) is 1.88. The SMILES string of the molecule is CNCc1cn2nc(Cl)ccc2n1. The topological polar surface area (TPSA) is 42.2 Å². The molecule has 0 saturated carbocycles. The number of hydrogen-bond donors (Lipinski definition) is 1. The fraction of sp³-hybridized carbons (Fsp3) is 0.250. The Labute approximate surface area is 80.5 Å². The molecule has 68 valence electrons. The number of aromatic nitrogens is 3. The van der Waals surface area contributed by atoms with Gasteiger partial charge in [0.1, 0.15) is 5.15 Å². The lowest BCUT2D eigenvalue weighted by Crippen LogP contribution is -2.04. The van der Waals surface area contributed by atoms with Gasteiger partial charge in [-0.3, -0.25) is 0 Å². The van der Waals surface area contributed by atoms with E-state index in [4.69, 9.17) is 11.6 Å². The Hall–Kier alpha value is -1.13. The largest absolute Gasteiger partial charge is 0.314 e. The minimum absolute atomic E-state index is 0.473. The van der Waals surface area contributed by atoms with Crippen LogP contribution in [0.3, 0.4) is 0 Å². The van der Waals surface area contributed by atoms with Gasteiger partial charge in [-0.2, -0.15) is 5.10 Å². The zero-order valence-electron chi connectivity index (χ0n) is 7.16. The lowest BCUT2D eigenvalue weighted by atomic mass is 10.5. The molecular formula is C8H9ClN4. The molecule has 0 unspecified atom stereocenters. The number of nitrogens with zero attached hydrogens (tertiary/aromatic N) is 3. The van der Waals surface area contributed by atoms with Crippen LogP contribution in [0, 0.1) is 0 Å². The number of hydrogen-bond acceptors (Lipinski definition) is 3. The summed E-state index contributed by atoms with van der Waals surface area (Å²) in [6, 6.07) is 3.57. The molecule has 2 aromatic heterocycles. The van der Waals surface area contributed by atoms with Gasteiger partial charge in [0, 0.05) is 6.54 Å². The normalized spacial score (nSPS) is 10.9. The third kappa shape index (κ3) is 1.64. The molecule has 5 heteroatoms. The third-order valence-corrected chi connectivity index (χ3v) is 1.90. The molecule has 0 fully saturated rings. The molecule has 2 aromatic rings. The molecule has 4 nitrogen and oxygen atoms in total. The van der Waals surface area contributed by atoms with E-state index in [1.54, 1.807) is 10.6 Å². The van der Waals surface area contributed by atoms with Crippen molar-refractivity contribution < 1.29 is 0 Å². The average Bonchev–Trinajstić information content (AvgIpc) is 2.46. The first-order chi connectivity index (χ1) is 6.29. The van der Waals surface area contributed by atoms with Gasteiger partial charge in [0.2, 0.25) is 0 Å². The van der Waals surface area contributed by atoms with Crippen LogP contribution in [0.25, 0.3) is 5.65 Å². The van der Waals surface area contributed by atoms with Crippen molar-refractivity contribution >= 4 is 17.2 Å². The zero-order valence-corrected chi connectivity index (χ0v) is 7.91. The van der Waals surface area contributed by atoms with E-state index in [2.05, 4.69) is 15.4 Å². The van der Waals surface area contributed by atoms with E-state index in [0.717, 1.165) is 17.9 Å². The van der Waals surface area contributed by atoms with Crippen LogP contribution in [0.2, 0.25) is 5.15 Å². The van der Waals surface area contributed by atoms with Crippen LogP contribution in [0.5, 0.6) is 0 Å². The summed E-state index contributed by atoms with van der Waals surface area (Å²) in [6.07, 6.45) is 1.86. The van der Waals surface area contributed by atoms with Gasteiger partial charge in [0.05, 0.1) is 11.9 Å². The Kier molecular flexibility index (Phi) is 2.16. The molecule has 2 rings (SSSR count). The van der Waals surface area contributed by atoms with Crippen LogP contribution in [0.15, 0.2) is 18.3 Å². The Morgan fingerprint density at radius 2 is 2.38 bits per heavy atom. The van der Waals surface area contributed by atoms with E-state index in [0.29, 0.717) is 5.15 Å². The van der Waals surface area contributed by atoms with E-state index in [-0.39, 0.29) is 0 Å². The van der Waals surface area contributed by atoms with Crippen molar-refractivity contribution in [2.45, 2.75) is 6.54 Å². The van der Waals surface area contributed by atoms with Crippen LogP contribution in [0.4, 0.5) is 0 Å². The van der Waals surface area contributed by atoms with E-state index in [9.17, 15) is 0 Å². The predicted molar refractivity (Wildman–Crippen MR) is 50.8 cm³/mol. The number of rotatable bonds is 2. The van der Waals surface area contributed by atoms with E-state index >= 15 is 0 Å². The number of imidazole rings is 1. The van der Waals surface area contributed by atoms with Gasteiger partial charge in [-0.05, 0) is 19.2 Å². The molecule has 0 saturated heterocycles. The molecule has 2 heterocycles. The fourth-order valence-electron chi connectivity index (χ4n) is 1.17. The number of halogens is 1. The first kappa shape index (κ1) is 8.47. The molecule has 0 aliphatic carbocycles. The van der Waals surface area contributed by atoms with E-state index < -0.39 is 0 Å². The Morgan fingerprint density at radius 1 is 1.54 bits per heavy atom. The molecule has 0 aliphatic rings. The van der Waals surface area contributed by atoms with Crippen molar-refractivity contribution in [3.05, 3.63) is 29.2 Å². The molecule has 13 heavy (non-hydrogen) atoms. The van der Waals surface area contributed by atoms with Crippen molar-refractivity contribution in [2.24, 2.45) is 0 Å². The van der Waals surface area contributed by atoms with Crippen molar-refractivity contribution in [2.75, 3.05) is 7.05 Å². The second-order valence-electron chi connectivity index (χ2n) is 2.72. The first-order valence-electron chi connectivity index (χ1n) is 3.95. The van der Waals surface area contributed by atoms with E-state index in [1.807, 2.05) is 19.3 Å². The Balaban J connectivity index is 2.49. The van der Waals surface area contributed by atoms with Crippen molar-refractivity contribution in [1.82, 2.24) is 19.9 Å². The number of fused-ring (bicyclic) bond motifs is 1. The summed E-state index contributed by atoms with van der Waals surface area (Å²) in [5, 5.41) is 7.57. The lowest BCUT2D eigenvalue weighted by Gasteiger charge is -1.90. The highest BCUT2D eigenvalue weighted by molar-refractivity contribution is 6.29. The van der Waals surface area contributed by atoms with Crippen LogP contribution >= 0.6 is 11.6 Å². The van der Waals surface area contributed by atoms with Gasteiger partial charge < -0.3 is 5.32 Å². The second kappa shape index (κ2) is 3.32. The van der Waals surface area contributed by atoms with Crippen molar-refractivity contribution in [3.63, 3.8) is 0 Å². The molecule has 0 spiro atoms. The summed E-state index contributed by atoms with van der Waals surface area (Å²) >= 11 is 5.73. The predicted octanol–water partition coefficient (Wildman–Crippen LogP) is 1.10. The van der Waals surface area contributed by atoms with Crippen molar-refractivity contribution in [1.29, 1.82) is 0 Å². The monoisotopic (exact) mass is 196 g/mol. The molecule has 0 atom stereocenters. The lowest BCUT2D eigenvalue weighted by molar-refractivity contribution is 0.796. The van der Waals surface area contributed by atoms with Gasteiger partial charge in [-0.1, -0.05) is 11.6 Å². The second-order valence-corrected chi connectivity index (χ2v) is 3.11. The summed E-state index contributed by atoms with van der Waals surface area (Å²) in [6.45, 7) is 0.737. The first-order valence-corrected chi connectivity index (χ1v) is 4.33. The van der Waals surface area contributed by atoms with Crippen LogP contribution < -0.4 is 5.32 Å². The fourth-order valence-corrected chi connectivity index (χ4v) is 1.32. The summed E-state index contributed by atoms with van der Waals surface area (Å²) in [5.41, 5.74) is 1.77. The van der Waals surface area contributed by atoms with Gasteiger partial charge in [0.25, 0.3) is 0 Å². The molecule has 0 aromatic carbocycles. The van der Waals surface area contributed by atoms with Crippen LogP contribution in [-0.4, -0.2) is 21.6 Å². The van der Waals surface area contributed by atoms with Gasteiger partial charge >= 0.3 is 0 Å². The highest BCUT2D eigenvalue weighted by Crippen LogP contribution is 2.07. The highest BCUT2D eigenvalue weighted by atomic mass is 35.5. The molecule has 0 amide bonds. The quantitative estimate of drug-likeness (QED) is 0.782. The van der Waals surface area contributed by atoms with E-state index in [1.165, 1.54) is 0 Å². The van der Waals surface area contributed by atoms with Gasteiger partial charge in [0.15, 0.2) is 5.65 Å². The maximum Gasteiger partial charge on any atom is 0.153 e. The summed E-state index contributed by atoms with van der Waals surface area (Å²) < 4.78 is 1.68. The molecular weight excluding hydrogens is 188 g/mol. The maximum atomic E-state index is 5.73. The Bertz CT molecular complexity index is 423. The minimum Gasteiger partial charge on any atom is -0.314 e. The van der Waals surface area contributed by atoms with Crippen molar-refractivity contribution in [3.8, 4) is 0 Å². The Morgan fingerprint density at radius 3 is 3.15 bits per heavy atom. The smallest absolute Gasteiger partial charge is 0.153 e. The molecule has 0 radical (unpaired) electrons. The summed E-state index contributed by atoms with van der Waals surface area (Å²) in [5.74, 6) is 0. The van der Waals surface area contributed by atoms with Gasteiger partial charge in [-0.25, -0.2) is 9.50 Å². The van der Waals surface area contributed by atoms with Crippen LogP contribution in [0.1, 0.15) is 5.69 Å². The number of nitrogens with one attached hydrogen (secondary N) is 1. The molecule has 0 aliphatic heterocycles. The zero-order chi connectivity index (χ0) is 9.26. The maximum absolute atomic E-state index is 5.73. The standard InChI is InChI=1S/C8H9ClN4/c1-10-4-6-5-13-8(11-6)3-2-7(9)12-13/h2-3,5,10H,4H2,1H3. The van der Waals surface area contributed by atoms with Crippen LogP contribution in [-0.2, 0) is 6.54 Å². The minimum atomic E-state index is 0.473. The molecule has 1 N–H and O–H groups in total. The average molecular weight is 197 g/mol. The highest BCUT2D eigenvalue weighted by Gasteiger charge is 2.01. The summed E-state index contributed by atoms with van der Waals surface area (Å²) in [4.78, 5) is 4.32. The molecule has 0 bridgehead atoms. The third-order valence-electron chi connectivity index (χ3n) is 1.70. The van der Waals surface area contributed by atoms with Gasteiger partial charge in [-0.15, -0.1) is 0 Å².